The summed E-state index contributed by atoms with van der Waals surface area (Å²) in [4.78, 5) is 10.0. The zero-order valence-electron chi connectivity index (χ0n) is 13.0. The van der Waals surface area contributed by atoms with E-state index < -0.39 is 12.3 Å². The summed E-state index contributed by atoms with van der Waals surface area (Å²) in [6, 6.07) is 10.1. The Kier molecular flexibility index (Phi) is 5.30. The highest BCUT2D eigenvalue weighted by molar-refractivity contribution is 5.29. The van der Waals surface area contributed by atoms with E-state index >= 15 is 0 Å². The number of aliphatic hydroxyl groups is 2. The monoisotopic (exact) mass is 314 g/mol. The molecule has 3 N–H and O–H groups in total. The molecular formula is C17H22N4O2. The Hall–Kier alpha value is -1.86. The molecule has 6 heteroatoms. The van der Waals surface area contributed by atoms with Gasteiger partial charge in [0.2, 0.25) is 0 Å². The maximum absolute atomic E-state index is 10.2. The van der Waals surface area contributed by atoms with Crippen molar-refractivity contribution >= 4 is 0 Å². The van der Waals surface area contributed by atoms with Crippen LogP contribution in [0, 0.1) is 0 Å². The minimum atomic E-state index is -0.894. The quantitative estimate of drug-likeness (QED) is 0.673. The van der Waals surface area contributed by atoms with E-state index in [4.69, 9.17) is 0 Å². The van der Waals surface area contributed by atoms with Crippen LogP contribution in [0.15, 0.2) is 42.9 Å². The molecule has 2 aromatic rings. The number of hydrogen-bond donors (Lipinski definition) is 3. The average molecular weight is 314 g/mol. The fraction of sp³-hybridized carbons (Fsp3) is 0.412. The molecular weight excluding hydrogens is 292 g/mol. The van der Waals surface area contributed by atoms with Gasteiger partial charge in [0.25, 0.3) is 0 Å². The third kappa shape index (κ3) is 4.33. The van der Waals surface area contributed by atoms with Crippen molar-refractivity contribution in [3.05, 3.63) is 59.7 Å². The first-order chi connectivity index (χ1) is 11.2. The molecule has 0 spiro atoms. The molecule has 0 bridgehead atoms. The lowest BCUT2D eigenvalue weighted by molar-refractivity contribution is 0.0730. The minimum absolute atomic E-state index is 0.309. The molecule has 6 nitrogen and oxygen atoms in total. The zero-order chi connectivity index (χ0) is 16.1. The number of nitrogens with one attached hydrogen (secondary N) is 1. The molecule has 0 radical (unpaired) electrons. The summed E-state index contributed by atoms with van der Waals surface area (Å²) in [6.07, 6.45) is 2.54. The number of nitrogens with zero attached hydrogens (tertiary/aromatic N) is 3. The van der Waals surface area contributed by atoms with E-state index in [-0.39, 0.29) is 0 Å². The van der Waals surface area contributed by atoms with Gasteiger partial charge in [-0.25, -0.2) is 9.97 Å². The first-order valence-electron chi connectivity index (χ1n) is 7.87. The topological polar surface area (TPSA) is 81.5 Å². The van der Waals surface area contributed by atoms with E-state index in [1.54, 1.807) is 12.3 Å². The van der Waals surface area contributed by atoms with Gasteiger partial charge in [-0.05, 0) is 23.6 Å². The molecule has 1 aromatic heterocycles. The Balaban J connectivity index is 1.46. The molecule has 1 unspecified atom stereocenters. The Bertz CT molecular complexity index is 623. The second kappa shape index (κ2) is 7.61. The molecule has 2 heterocycles. The summed E-state index contributed by atoms with van der Waals surface area (Å²) in [6.45, 7) is 2.70. The van der Waals surface area contributed by atoms with Crippen LogP contribution in [0.1, 0.15) is 23.0 Å². The summed E-state index contributed by atoms with van der Waals surface area (Å²) in [7, 11) is 0. The van der Waals surface area contributed by atoms with Gasteiger partial charge in [-0.3, -0.25) is 10.2 Å². The molecule has 0 amide bonds. The average Bonchev–Trinajstić information content (AvgIpc) is 2.60. The summed E-state index contributed by atoms with van der Waals surface area (Å²) < 4.78 is 0. The van der Waals surface area contributed by atoms with E-state index in [0.717, 1.165) is 19.5 Å². The fourth-order valence-electron chi connectivity index (χ4n) is 2.89. The Morgan fingerprint density at radius 1 is 1.17 bits per heavy atom. The van der Waals surface area contributed by atoms with Crippen LogP contribution < -0.4 is 5.32 Å². The second-order valence-corrected chi connectivity index (χ2v) is 5.85. The molecule has 3 rings (SSSR count). The van der Waals surface area contributed by atoms with Crippen LogP contribution in [0.25, 0.3) is 0 Å². The van der Waals surface area contributed by atoms with Gasteiger partial charge >= 0.3 is 0 Å². The number of fused-ring (bicyclic) bond motifs is 1. The first-order valence-corrected chi connectivity index (χ1v) is 7.87. The molecule has 23 heavy (non-hydrogen) atoms. The summed E-state index contributed by atoms with van der Waals surface area (Å²) in [5.41, 5.74) is 3.23. The van der Waals surface area contributed by atoms with Crippen molar-refractivity contribution in [1.29, 1.82) is 0 Å². The Morgan fingerprint density at radius 2 is 2.00 bits per heavy atom. The highest BCUT2D eigenvalue weighted by Crippen LogP contribution is 2.18. The third-order valence-corrected chi connectivity index (χ3v) is 4.11. The van der Waals surface area contributed by atoms with Gasteiger partial charge in [-0.1, -0.05) is 24.3 Å². The molecule has 1 aliphatic heterocycles. The fourth-order valence-corrected chi connectivity index (χ4v) is 2.89. The van der Waals surface area contributed by atoms with E-state index in [9.17, 15) is 10.2 Å². The molecule has 0 saturated carbocycles. The van der Waals surface area contributed by atoms with Crippen LogP contribution >= 0.6 is 0 Å². The lowest BCUT2D eigenvalue weighted by Crippen LogP contribution is -2.41. The molecule has 0 aliphatic carbocycles. The zero-order valence-corrected chi connectivity index (χ0v) is 13.0. The van der Waals surface area contributed by atoms with Gasteiger partial charge in [0.05, 0.1) is 11.8 Å². The van der Waals surface area contributed by atoms with Crippen molar-refractivity contribution < 1.29 is 10.2 Å². The third-order valence-electron chi connectivity index (χ3n) is 4.11. The summed E-state index contributed by atoms with van der Waals surface area (Å²) >= 11 is 0. The van der Waals surface area contributed by atoms with Crippen LogP contribution in [-0.4, -0.2) is 50.8 Å². The van der Waals surface area contributed by atoms with E-state index in [1.807, 2.05) is 0 Å². The predicted molar refractivity (Wildman–Crippen MR) is 86.4 cm³/mol. The van der Waals surface area contributed by atoms with Gasteiger partial charge < -0.3 is 10.2 Å². The maximum Gasteiger partial charge on any atom is 0.148 e. The molecule has 0 saturated heterocycles. The lowest BCUT2D eigenvalue weighted by atomic mass is 10.00. The lowest BCUT2D eigenvalue weighted by Gasteiger charge is -2.30. The van der Waals surface area contributed by atoms with Crippen molar-refractivity contribution in [1.82, 2.24) is 20.2 Å². The van der Waals surface area contributed by atoms with E-state index in [1.165, 1.54) is 17.5 Å². The van der Waals surface area contributed by atoms with Crippen molar-refractivity contribution in [3.63, 3.8) is 0 Å². The molecule has 1 aromatic carbocycles. The number of benzene rings is 1. The number of aromatic nitrogens is 2. The van der Waals surface area contributed by atoms with Crippen LogP contribution in [-0.2, 0) is 13.0 Å². The largest absolute Gasteiger partial charge is 0.390 e. The normalized spacial score (nSPS) is 17.5. The first kappa shape index (κ1) is 16.0. The number of rotatable bonds is 6. The van der Waals surface area contributed by atoms with Gasteiger partial charge in [-0.15, -0.1) is 0 Å². The van der Waals surface area contributed by atoms with Gasteiger partial charge in [0.1, 0.15) is 12.6 Å². The molecule has 2 atom stereocenters. The van der Waals surface area contributed by atoms with Crippen molar-refractivity contribution in [2.24, 2.45) is 0 Å². The summed E-state index contributed by atoms with van der Waals surface area (Å²) in [5, 5.41) is 23.1. The van der Waals surface area contributed by atoms with E-state index in [0.29, 0.717) is 18.8 Å². The summed E-state index contributed by atoms with van der Waals surface area (Å²) in [5.74, 6) is 0. The molecule has 1 aliphatic rings. The Labute approximate surface area is 135 Å². The number of β-amino-alcohol motifs (C(OH)–C–C–N with tert-alkyl or cyclic N) is 1. The van der Waals surface area contributed by atoms with Crippen LogP contribution in [0.3, 0.4) is 0 Å². The SMILES string of the molecule is OC(NC[C@H](O)CN1CCc2ccccc2C1)c1ccncn1. The van der Waals surface area contributed by atoms with Crippen LogP contribution in [0.5, 0.6) is 0 Å². The van der Waals surface area contributed by atoms with Crippen molar-refractivity contribution in [3.8, 4) is 0 Å². The molecule has 0 fully saturated rings. The predicted octanol–water partition coefficient (Wildman–Crippen LogP) is 0.476. The number of hydrogen-bond acceptors (Lipinski definition) is 6. The van der Waals surface area contributed by atoms with Crippen molar-refractivity contribution in [2.45, 2.75) is 25.3 Å². The molecule has 122 valence electrons. The highest BCUT2D eigenvalue weighted by Gasteiger charge is 2.19. The van der Waals surface area contributed by atoms with Gasteiger partial charge in [0.15, 0.2) is 0 Å². The Morgan fingerprint density at radius 3 is 2.78 bits per heavy atom. The van der Waals surface area contributed by atoms with Crippen LogP contribution in [0.2, 0.25) is 0 Å². The van der Waals surface area contributed by atoms with Crippen LogP contribution in [0.4, 0.5) is 0 Å². The van der Waals surface area contributed by atoms with Gasteiger partial charge in [0, 0.05) is 32.4 Å². The second-order valence-electron chi connectivity index (χ2n) is 5.85. The standard InChI is InChI=1S/C17H22N4O2/c22-15(9-19-17(23)16-5-7-18-12-20-16)11-21-8-6-13-3-1-2-4-14(13)10-21/h1-5,7,12,15,17,19,22-23H,6,8-11H2/t15-,17?/m0/s1. The van der Waals surface area contributed by atoms with Gasteiger partial charge in [-0.2, -0.15) is 0 Å². The maximum atomic E-state index is 10.2. The smallest absolute Gasteiger partial charge is 0.148 e. The highest BCUT2D eigenvalue weighted by atomic mass is 16.3. The minimum Gasteiger partial charge on any atom is -0.390 e. The van der Waals surface area contributed by atoms with Crippen molar-refractivity contribution in [2.75, 3.05) is 19.6 Å². The number of aliphatic hydroxyl groups excluding tert-OH is 2. The van der Waals surface area contributed by atoms with E-state index in [2.05, 4.69) is 44.5 Å².